The number of carbonyl (C=O) groups is 2. The van der Waals surface area contributed by atoms with E-state index in [9.17, 15) is 22.4 Å². The number of benzene rings is 4. The number of sulfonamides is 1. The van der Waals surface area contributed by atoms with Gasteiger partial charge >= 0.3 is 6.03 Å². The van der Waals surface area contributed by atoms with E-state index in [0.29, 0.717) is 22.2 Å². The molecule has 228 valence electrons. The van der Waals surface area contributed by atoms with E-state index < -0.39 is 33.8 Å². The number of hydrogen-bond donors (Lipinski definition) is 2. The lowest BCUT2D eigenvalue weighted by molar-refractivity contribution is -0.126. The maximum absolute atomic E-state index is 14.1. The van der Waals surface area contributed by atoms with Crippen molar-refractivity contribution in [2.45, 2.75) is 17.5 Å². The Morgan fingerprint density at radius 2 is 1.58 bits per heavy atom. The van der Waals surface area contributed by atoms with Crippen LogP contribution < -0.4 is 10.6 Å². The van der Waals surface area contributed by atoms with Crippen LogP contribution in [0.15, 0.2) is 120 Å². The number of piperazine rings is 1. The SMILES string of the molecule is O=C(NCc1ccc(F)cc1)C1CN(C(=O)Nc2ccccc2-c2ccccc2)CCN1S(=O)(=O)c1cccc2cccnc12. The Bertz CT molecular complexity index is 1950. The number of anilines is 1. The van der Waals surface area contributed by atoms with Crippen LogP contribution in [0.3, 0.4) is 0 Å². The van der Waals surface area contributed by atoms with Crippen LogP contribution in [0.25, 0.3) is 22.0 Å². The molecule has 3 amide bonds. The number of nitrogens with zero attached hydrogens (tertiary/aromatic N) is 3. The van der Waals surface area contributed by atoms with Gasteiger partial charge in [-0.25, -0.2) is 17.6 Å². The molecule has 0 spiro atoms. The van der Waals surface area contributed by atoms with Crippen molar-refractivity contribution in [3.05, 3.63) is 127 Å². The molecule has 1 aromatic heterocycles. The summed E-state index contributed by atoms with van der Waals surface area (Å²) in [4.78, 5) is 33.0. The summed E-state index contributed by atoms with van der Waals surface area (Å²) in [5, 5.41) is 6.37. The molecule has 9 nitrogen and oxygen atoms in total. The second-order valence-corrected chi connectivity index (χ2v) is 12.5. The van der Waals surface area contributed by atoms with E-state index in [1.165, 1.54) is 41.4 Å². The molecule has 1 saturated heterocycles. The summed E-state index contributed by atoms with van der Waals surface area (Å²) >= 11 is 0. The quantitative estimate of drug-likeness (QED) is 0.257. The van der Waals surface area contributed by atoms with Gasteiger partial charge in [-0.05, 0) is 41.5 Å². The number of carbonyl (C=O) groups excluding carboxylic acids is 2. The number of pyridine rings is 1. The summed E-state index contributed by atoms with van der Waals surface area (Å²) in [5.74, 6) is -0.993. The molecular weight excluding hydrogens is 593 g/mol. The standard InChI is InChI=1S/C34H30FN5O4S/c35-27-17-15-24(16-18-27)22-37-33(41)30-23-39(34(42)38-29-13-5-4-12-28(29)25-8-2-1-3-9-25)20-21-40(30)45(43,44)31-14-6-10-26-11-7-19-36-32(26)31/h1-19,30H,20-23H2,(H,37,41)(H,38,42). The second-order valence-electron chi connectivity index (χ2n) is 10.6. The number of nitrogens with one attached hydrogen (secondary N) is 2. The number of amides is 3. The summed E-state index contributed by atoms with van der Waals surface area (Å²) in [5.41, 5.74) is 3.27. The van der Waals surface area contributed by atoms with Crippen molar-refractivity contribution in [2.24, 2.45) is 0 Å². The van der Waals surface area contributed by atoms with Gasteiger partial charge in [-0.2, -0.15) is 4.31 Å². The third kappa shape index (κ3) is 6.40. The fourth-order valence-corrected chi connectivity index (χ4v) is 7.17. The zero-order valence-electron chi connectivity index (χ0n) is 24.1. The van der Waals surface area contributed by atoms with Gasteiger partial charge in [0.1, 0.15) is 16.8 Å². The van der Waals surface area contributed by atoms with E-state index in [0.717, 1.165) is 15.4 Å². The molecule has 1 aliphatic heterocycles. The van der Waals surface area contributed by atoms with Crippen molar-refractivity contribution >= 4 is 38.6 Å². The molecule has 5 aromatic rings. The Morgan fingerprint density at radius 3 is 2.38 bits per heavy atom. The number of para-hydroxylation sites is 2. The molecule has 0 radical (unpaired) electrons. The number of rotatable bonds is 7. The first-order valence-electron chi connectivity index (χ1n) is 14.4. The first-order chi connectivity index (χ1) is 21.8. The zero-order valence-corrected chi connectivity index (χ0v) is 25.0. The summed E-state index contributed by atoms with van der Waals surface area (Å²) in [6.07, 6.45) is 1.52. The molecule has 1 atom stereocenters. The normalized spacial score (nSPS) is 15.5. The van der Waals surface area contributed by atoms with Crippen LogP contribution in [-0.2, 0) is 21.4 Å². The van der Waals surface area contributed by atoms with Gasteiger partial charge in [0.25, 0.3) is 0 Å². The zero-order chi connectivity index (χ0) is 31.4. The molecule has 4 aromatic carbocycles. The summed E-state index contributed by atoms with van der Waals surface area (Å²) < 4.78 is 42.8. The van der Waals surface area contributed by atoms with E-state index in [-0.39, 0.29) is 31.1 Å². The molecule has 0 bridgehead atoms. The van der Waals surface area contributed by atoms with E-state index in [4.69, 9.17) is 0 Å². The fourth-order valence-electron chi connectivity index (χ4n) is 5.43. The first kappa shape index (κ1) is 29.9. The molecule has 0 aliphatic carbocycles. The van der Waals surface area contributed by atoms with Gasteiger partial charge in [0.05, 0.1) is 11.2 Å². The Morgan fingerprint density at radius 1 is 0.844 bits per heavy atom. The minimum atomic E-state index is -4.22. The van der Waals surface area contributed by atoms with Gasteiger partial charge in [-0.3, -0.25) is 9.78 Å². The predicted octanol–water partition coefficient (Wildman–Crippen LogP) is 5.26. The van der Waals surface area contributed by atoms with Crippen LogP contribution >= 0.6 is 0 Å². The lowest BCUT2D eigenvalue weighted by atomic mass is 10.0. The van der Waals surface area contributed by atoms with Crippen molar-refractivity contribution in [1.29, 1.82) is 0 Å². The highest BCUT2D eigenvalue weighted by Gasteiger charge is 2.42. The highest BCUT2D eigenvalue weighted by molar-refractivity contribution is 7.89. The van der Waals surface area contributed by atoms with Gasteiger partial charge < -0.3 is 15.5 Å². The Kier molecular flexibility index (Phi) is 8.54. The third-order valence-corrected chi connectivity index (χ3v) is 9.68. The van der Waals surface area contributed by atoms with Crippen molar-refractivity contribution in [2.75, 3.05) is 25.0 Å². The molecule has 1 fully saturated rings. The largest absolute Gasteiger partial charge is 0.351 e. The number of halogens is 1. The first-order valence-corrected chi connectivity index (χ1v) is 15.8. The molecular formula is C34H30FN5O4S. The summed E-state index contributed by atoms with van der Waals surface area (Å²) in [6, 6.07) is 29.3. The van der Waals surface area contributed by atoms with Crippen molar-refractivity contribution in [1.82, 2.24) is 19.5 Å². The van der Waals surface area contributed by atoms with Crippen molar-refractivity contribution in [3.8, 4) is 11.1 Å². The van der Waals surface area contributed by atoms with E-state index in [1.54, 1.807) is 30.3 Å². The van der Waals surface area contributed by atoms with Crippen molar-refractivity contribution < 1.29 is 22.4 Å². The van der Waals surface area contributed by atoms with Gasteiger partial charge in [0, 0.05) is 43.3 Å². The molecule has 11 heteroatoms. The summed E-state index contributed by atoms with van der Waals surface area (Å²) in [6.45, 7) is -0.200. The Labute approximate surface area is 260 Å². The van der Waals surface area contributed by atoms with Crippen LogP contribution in [0.5, 0.6) is 0 Å². The molecule has 0 saturated carbocycles. The van der Waals surface area contributed by atoms with E-state index in [1.807, 2.05) is 48.5 Å². The fraction of sp³-hybridized carbons (Fsp3) is 0.147. The molecule has 6 rings (SSSR count). The minimum absolute atomic E-state index is 0.0216. The topological polar surface area (TPSA) is 112 Å². The average molecular weight is 624 g/mol. The molecule has 2 N–H and O–H groups in total. The van der Waals surface area contributed by atoms with Crippen LogP contribution in [0.1, 0.15) is 5.56 Å². The molecule has 1 unspecified atom stereocenters. The van der Waals surface area contributed by atoms with Crippen LogP contribution in [0.4, 0.5) is 14.9 Å². The Hall–Kier alpha value is -5.13. The second kappa shape index (κ2) is 12.8. The number of urea groups is 1. The van der Waals surface area contributed by atoms with E-state index in [2.05, 4.69) is 15.6 Å². The maximum atomic E-state index is 14.1. The lowest BCUT2D eigenvalue weighted by Crippen LogP contribution is -2.61. The predicted molar refractivity (Wildman–Crippen MR) is 170 cm³/mol. The van der Waals surface area contributed by atoms with E-state index >= 15 is 0 Å². The number of aromatic nitrogens is 1. The Balaban J connectivity index is 1.28. The monoisotopic (exact) mass is 623 g/mol. The highest BCUT2D eigenvalue weighted by Crippen LogP contribution is 2.30. The summed E-state index contributed by atoms with van der Waals surface area (Å²) in [7, 11) is -4.22. The van der Waals surface area contributed by atoms with Crippen LogP contribution in [0, 0.1) is 5.82 Å². The number of hydrogen-bond acceptors (Lipinski definition) is 5. The van der Waals surface area contributed by atoms with Gasteiger partial charge in [0.2, 0.25) is 15.9 Å². The molecule has 2 heterocycles. The van der Waals surface area contributed by atoms with Crippen LogP contribution in [0.2, 0.25) is 0 Å². The smallest absolute Gasteiger partial charge is 0.321 e. The van der Waals surface area contributed by atoms with Crippen LogP contribution in [-0.4, -0.2) is 60.2 Å². The minimum Gasteiger partial charge on any atom is -0.351 e. The van der Waals surface area contributed by atoms with Crippen molar-refractivity contribution in [3.63, 3.8) is 0 Å². The molecule has 1 aliphatic rings. The number of fused-ring (bicyclic) bond motifs is 1. The molecule has 45 heavy (non-hydrogen) atoms. The maximum Gasteiger partial charge on any atom is 0.321 e. The highest BCUT2D eigenvalue weighted by atomic mass is 32.2. The lowest BCUT2D eigenvalue weighted by Gasteiger charge is -2.39. The van der Waals surface area contributed by atoms with Gasteiger partial charge in [-0.15, -0.1) is 0 Å². The third-order valence-electron chi connectivity index (χ3n) is 7.74. The van der Waals surface area contributed by atoms with Gasteiger partial charge in [-0.1, -0.05) is 78.9 Å². The van der Waals surface area contributed by atoms with Gasteiger partial charge in [0.15, 0.2) is 0 Å². The average Bonchev–Trinajstić information content (AvgIpc) is 3.08.